The molecule has 0 saturated heterocycles. The van der Waals surface area contributed by atoms with Crippen molar-refractivity contribution < 1.29 is 15.3 Å². The molecule has 0 aromatic carbocycles. The molecule has 4 N–H and O–H groups in total. The number of aliphatic hydroxyl groups is 3. The lowest BCUT2D eigenvalue weighted by molar-refractivity contribution is -0.107. The molecule has 0 amide bonds. The van der Waals surface area contributed by atoms with Crippen LogP contribution in [0.5, 0.6) is 0 Å². The Morgan fingerprint density at radius 2 is 2.10 bits per heavy atom. The molecule has 30 heavy (non-hydrogen) atoms. The third-order valence-corrected chi connectivity index (χ3v) is 7.18. The van der Waals surface area contributed by atoms with E-state index < -0.39 is 24.4 Å². The number of nitrogens with one attached hydrogen (secondary N) is 1. The highest BCUT2D eigenvalue weighted by Crippen LogP contribution is 2.32. The summed E-state index contributed by atoms with van der Waals surface area (Å²) < 4.78 is 1.57. The van der Waals surface area contributed by atoms with Gasteiger partial charge < -0.3 is 20.6 Å². The molecule has 11 heteroatoms. The van der Waals surface area contributed by atoms with Gasteiger partial charge >= 0.3 is 0 Å². The van der Waals surface area contributed by atoms with Crippen LogP contribution in [0.2, 0.25) is 0 Å². The fourth-order valence-corrected chi connectivity index (χ4v) is 4.98. The minimum Gasteiger partial charge on any atom is -0.390 e. The smallest absolute Gasteiger partial charge is 0.191 e. The van der Waals surface area contributed by atoms with Crippen LogP contribution >= 0.6 is 23.1 Å². The lowest BCUT2D eigenvalue weighted by atomic mass is 9.88. The molecule has 1 fully saturated rings. The van der Waals surface area contributed by atoms with Gasteiger partial charge in [-0.25, -0.2) is 14.6 Å². The molecule has 3 aromatic rings. The SMILES string of the molecule is CCCSc1nc(NCCc2cccs2)c2nnn([C@@H]3CC[C@H](O)[C@@H](O)[C@H]3O)c2n1. The summed E-state index contributed by atoms with van der Waals surface area (Å²) in [7, 11) is 0. The Bertz CT molecular complexity index is 967. The maximum Gasteiger partial charge on any atom is 0.191 e. The Morgan fingerprint density at radius 1 is 1.23 bits per heavy atom. The number of anilines is 1. The lowest BCUT2D eigenvalue weighted by Crippen LogP contribution is -2.47. The van der Waals surface area contributed by atoms with Crippen molar-refractivity contribution in [3.05, 3.63) is 22.4 Å². The molecule has 3 heterocycles. The molecule has 4 rings (SSSR count). The first-order valence-corrected chi connectivity index (χ1v) is 12.0. The van der Waals surface area contributed by atoms with Crippen molar-refractivity contribution in [1.29, 1.82) is 0 Å². The van der Waals surface area contributed by atoms with E-state index in [0.717, 1.165) is 18.6 Å². The van der Waals surface area contributed by atoms with Crippen molar-refractivity contribution in [1.82, 2.24) is 25.0 Å². The van der Waals surface area contributed by atoms with Crippen molar-refractivity contribution in [2.24, 2.45) is 0 Å². The summed E-state index contributed by atoms with van der Waals surface area (Å²) in [5.74, 6) is 1.51. The zero-order chi connectivity index (χ0) is 21.1. The number of aliphatic hydroxyl groups excluding tert-OH is 3. The number of fused-ring (bicyclic) bond motifs is 1. The second-order valence-electron chi connectivity index (χ2n) is 7.36. The number of aromatic nitrogens is 5. The standard InChI is InChI=1S/C19H26N6O3S2/c1-2-9-30-19-21-17(20-8-7-11-4-3-10-29-11)14-18(22-19)25(24-23-14)12-5-6-13(26)16(28)15(12)27/h3-4,10,12-13,15-16,26-28H,2,5-9H2,1H3,(H,20,21,22)/t12-,13+,15+,16-/m1/s1. The van der Waals surface area contributed by atoms with E-state index in [1.165, 1.54) is 4.88 Å². The van der Waals surface area contributed by atoms with Gasteiger partial charge in [0.1, 0.15) is 12.2 Å². The third kappa shape index (κ3) is 4.45. The maximum absolute atomic E-state index is 10.5. The minimum absolute atomic E-state index is 0.374. The van der Waals surface area contributed by atoms with Gasteiger partial charge in [0.05, 0.1) is 12.1 Å². The van der Waals surface area contributed by atoms with Gasteiger partial charge in [-0.2, -0.15) is 0 Å². The predicted octanol–water partition coefficient (Wildman–Crippen LogP) is 1.86. The Hall–Kier alpha value is -1.79. The van der Waals surface area contributed by atoms with Gasteiger partial charge in [0.25, 0.3) is 0 Å². The van der Waals surface area contributed by atoms with Gasteiger partial charge in [0, 0.05) is 17.2 Å². The van der Waals surface area contributed by atoms with Crippen LogP contribution in [0.15, 0.2) is 22.7 Å². The fourth-order valence-electron chi connectivity index (χ4n) is 3.58. The van der Waals surface area contributed by atoms with Crippen LogP contribution in [-0.2, 0) is 6.42 Å². The average Bonchev–Trinajstić information content (AvgIpc) is 3.41. The van der Waals surface area contributed by atoms with Crippen LogP contribution in [0.1, 0.15) is 37.1 Å². The van der Waals surface area contributed by atoms with E-state index in [1.54, 1.807) is 27.8 Å². The molecule has 9 nitrogen and oxygen atoms in total. The normalized spacial score (nSPS) is 24.4. The first kappa shape index (κ1) is 21.4. The van der Waals surface area contributed by atoms with Crippen molar-refractivity contribution in [2.75, 3.05) is 17.6 Å². The number of hydrogen-bond donors (Lipinski definition) is 4. The maximum atomic E-state index is 10.5. The summed E-state index contributed by atoms with van der Waals surface area (Å²) in [4.78, 5) is 10.6. The van der Waals surface area contributed by atoms with E-state index in [-0.39, 0.29) is 0 Å². The molecule has 162 valence electrons. The van der Waals surface area contributed by atoms with Crippen molar-refractivity contribution in [3.8, 4) is 0 Å². The summed E-state index contributed by atoms with van der Waals surface area (Å²) in [6.07, 6.45) is -0.585. The first-order chi connectivity index (χ1) is 14.6. The molecule has 3 aromatic heterocycles. The van der Waals surface area contributed by atoms with Gasteiger partial charge in [-0.3, -0.25) is 0 Å². The second kappa shape index (κ2) is 9.56. The number of thiophene rings is 1. The van der Waals surface area contributed by atoms with E-state index in [2.05, 4.69) is 44.0 Å². The van der Waals surface area contributed by atoms with Crippen molar-refractivity contribution in [3.63, 3.8) is 0 Å². The number of nitrogens with zero attached hydrogens (tertiary/aromatic N) is 5. The second-order valence-corrected chi connectivity index (χ2v) is 9.45. The quantitative estimate of drug-likeness (QED) is 0.300. The monoisotopic (exact) mass is 450 g/mol. The van der Waals surface area contributed by atoms with Gasteiger partial charge in [-0.05, 0) is 37.1 Å². The highest BCUT2D eigenvalue weighted by molar-refractivity contribution is 7.99. The highest BCUT2D eigenvalue weighted by Gasteiger charge is 2.39. The zero-order valence-electron chi connectivity index (χ0n) is 16.7. The topological polar surface area (TPSA) is 129 Å². The largest absolute Gasteiger partial charge is 0.390 e. The Balaban J connectivity index is 1.63. The highest BCUT2D eigenvalue weighted by atomic mass is 32.2. The van der Waals surface area contributed by atoms with E-state index in [4.69, 9.17) is 0 Å². The third-order valence-electron chi connectivity index (χ3n) is 5.19. The van der Waals surface area contributed by atoms with Crippen LogP contribution in [0.3, 0.4) is 0 Å². The summed E-state index contributed by atoms with van der Waals surface area (Å²) in [6.45, 7) is 2.80. The molecule has 1 saturated carbocycles. The van der Waals surface area contributed by atoms with Gasteiger partial charge in [0.2, 0.25) is 0 Å². The van der Waals surface area contributed by atoms with Crippen LogP contribution in [0.4, 0.5) is 5.82 Å². The minimum atomic E-state index is -1.22. The van der Waals surface area contributed by atoms with E-state index in [1.807, 2.05) is 6.07 Å². The summed E-state index contributed by atoms with van der Waals surface area (Å²) in [6, 6.07) is 3.63. The van der Waals surface area contributed by atoms with Crippen LogP contribution in [-0.4, -0.2) is 70.9 Å². The molecule has 4 atom stereocenters. The molecule has 1 aliphatic carbocycles. The molecule has 0 aliphatic heterocycles. The van der Waals surface area contributed by atoms with Gasteiger partial charge in [0.15, 0.2) is 22.1 Å². The van der Waals surface area contributed by atoms with Crippen molar-refractivity contribution in [2.45, 2.75) is 62.1 Å². The van der Waals surface area contributed by atoms with Crippen LogP contribution in [0, 0.1) is 0 Å². The van der Waals surface area contributed by atoms with E-state index in [0.29, 0.717) is 41.5 Å². The molecule has 0 unspecified atom stereocenters. The summed E-state index contributed by atoms with van der Waals surface area (Å²) in [5.41, 5.74) is 1.06. The van der Waals surface area contributed by atoms with Crippen LogP contribution in [0.25, 0.3) is 11.2 Å². The van der Waals surface area contributed by atoms with Gasteiger partial charge in [-0.1, -0.05) is 30.0 Å². The number of rotatable bonds is 8. The molecule has 0 radical (unpaired) electrons. The van der Waals surface area contributed by atoms with Gasteiger partial charge in [-0.15, -0.1) is 16.4 Å². The summed E-state index contributed by atoms with van der Waals surface area (Å²) >= 11 is 3.28. The Labute approximate surface area is 182 Å². The number of hydrogen-bond acceptors (Lipinski definition) is 10. The first-order valence-electron chi connectivity index (χ1n) is 10.1. The molecular weight excluding hydrogens is 424 g/mol. The zero-order valence-corrected chi connectivity index (χ0v) is 18.3. The average molecular weight is 451 g/mol. The van der Waals surface area contributed by atoms with E-state index >= 15 is 0 Å². The van der Waals surface area contributed by atoms with Crippen LogP contribution < -0.4 is 5.32 Å². The van der Waals surface area contributed by atoms with E-state index in [9.17, 15) is 15.3 Å². The Kier molecular flexibility index (Phi) is 6.84. The number of thioether (sulfide) groups is 1. The summed E-state index contributed by atoms with van der Waals surface area (Å²) in [5, 5.41) is 45.0. The lowest BCUT2D eigenvalue weighted by Gasteiger charge is -2.34. The molecule has 0 bridgehead atoms. The molecule has 1 aliphatic rings. The fraction of sp³-hybridized carbons (Fsp3) is 0.579. The Morgan fingerprint density at radius 3 is 2.87 bits per heavy atom. The van der Waals surface area contributed by atoms with Crippen molar-refractivity contribution >= 4 is 40.1 Å². The predicted molar refractivity (Wildman–Crippen MR) is 117 cm³/mol. The molecule has 0 spiro atoms. The molecular formula is C19H26N6O3S2.